The highest BCUT2D eigenvalue weighted by molar-refractivity contribution is 7.92. The van der Waals surface area contributed by atoms with Gasteiger partial charge in [-0.05, 0) is 48.9 Å². The summed E-state index contributed by atoms with van der Waals surface area (Å²) >= 11 is 12.0. The van der Waals surface area contributed by atoms with E-state index in [4.69, 9.17) is 23.2 Å². The standard InChI is InChI=1S/C19H22Cl2N2O3S/c1-3-4-5-12-22-19(24)17-13-15(8-11-18(17)21)23(2)27(25,26)16-9-6-14(20)7-10-16/h6-11,13H,3-5,12H2,1-2H3,(H,22,24). The topological polar surface area (TPSA) is 66.5 Å². The number of carbonyl (C=O) groups excluding carboxylic acids is 1. The average Bonchev–Trinajstić information content (AvgIpc) is 2.65. The van der Waals surface area contributed by atoms with E-state index in [9.17, 15) is 13.2 Å². The lowest BCUT2D eigenvalue weighted by Crippen LogP contribution is -2.28. The molecule has 0 atom stereocenters. The molecule has 0 aliphatic carbocycles. The number of hydrogen-bond donors (Lipinski definition) is 1. The molecule has 0 saturated heterocycles. The van der Waals surface area contributed by atoms with Gasteiger partial charge in [0.15, 0.2) is 0 Å². The van der Waals surface area contributed by atoms with Crippen LogP contribution >= 0.6 is 23.2 Å². The highest BCUT2D eigenvalue weighted by atomic mass is 35.5. The van der Waals surface area contributed by atoms with Crippen molar-refractivity contribution in [1.29, 1.82) is 0 Å². The quantitative estimate of drug-likeness (QED) is 0.617. The second-order valence-corrected chi connectivity index (χ2v) is 8.87. The van der Waals surface area contributed by atoms with Crippen LogP contribution < -0.4 is 9.62 Å². The van der Waals surface area contributed by atoms with Crippen molar-refractivity contribution in [1.82, 2.24) is 5.32 Å². The van der Waals surface area contributed by atoms with Crippen molar-refractivity contribution in [3.63, 3.8) is 0 Å². The SMILES string of the molecule is CCCCCNC(=O)c1cc(N(C)S(=O)(=O)c2ccc(Cl)cc2)ccc1Cl. The Morgan fingerprint density at radius 1 is 1.07 bits per heavy atom. The largest absolute Gasteiger partial charge is 0.352 e. The predicted molar refractivity (Wildman–Crippen MR) is 110 cm³/mol. The Hall–Kier alpha value is -1.76. The lowest BCUT2D eigenvalue weighted by Gasteiger charge is -2.20. The van der Waals surface area contributed by atoms with E-state index in [1.54, 1.807) is 6.07 Å². The molecule has 2 aromatic carbocycles. The molecule has 2 aromatic rings. The monoisotopic (exact) mass is 428 g/mol. The van der Waals surface area contributed by atoms with E-state index in [-0.39, 0.29) is 21.4 Å². The van der Waals surface area contributed by atoms with Gasteiger partial charge in [-0.15, -0.1) is 0 Å². The van der Waals surface area contributed by atoms with Gasteiger partial charge >= 0.3 is 0 Å². The molecule has 5 nitrogen and oxygen atoms in total. The minimum absolute atomic E-state index is 0.106. The van der Waals surface area contributed by atoms with E-state index in [1.807, 2.05) is 0 Å². The van der Waals surface area contributed by atoms with Crippen LogP contribution in [0.2, 0.25) is 10.0 Å². The zero-order valence-corrected chi connectivity index (χ0v) is 17.5. The molecule has 0 unspecified atom stereocenters. The zero-order valence-electron chi connectivity index (χ0n) is 15.2. The van der Waals surface area contributed by atoms with Gasteiger partial charge in [0.1, 0.15) is 0 Å². The first-order chi connectivity index (χ1) is 12.8. The Bertz CT molecular complexity index is 900. The van der Waals surface area contributed by atoms with Gasteiger partial charge in [0, 0.05) is 18.6 Å². The summed E-state index contributed by atoms with van der Waals surface area (Å²) in [5, 5.41) is 3.53. The second-order valence-electron chi connectivity index (χ2n) is 6.05. The number of hydrogen-bond acceptors (Lipinski definition) is 3. The predicted octanol–water partition coefficient (Wildman–Crippen LogP) is 4.74. The zero-order chi connectivity index (χ0) is 20.0. The van der Waals surface area contributed by atoms with Crippen molar-refractivity contribution in [2.75, 3.05) is 17.9 Å². The van der Waals surface area contributed by atoms with Crippen LogP contribution in [0.25, 0.3) is 0 Å². The fraction of sp³-hybridized carbons (Fsp3) is 0.316. The minimum Gasteiger partial charge on any atom is -0.352 e. The number of unbranched alkanes of at least 4 members (excludes halogenated alkanes) is 2. The first kappa shape index (κ1) is 21.5. The summed E-state index contributed by atoms with van der Waals surface area (Å²) in [6.07, 6.45) is 2.96. The molecular weight excluding hydrogens is 407 g/mol. The summed E-state index contributed by atoms with van der Waals surface area (Å²) < 4.78 is 26.7. The Kier molecular flexibility index (Phi) is 7.53. The molecule has 8 heteroatoms. The van der Waals surface area contributed by atoms with Crippen molar-refractivity contribution < 1.29 is 13.2 Å². The van der Waals surface area contributed by atoms with Gasteiger partial charge in [-0.25, -0.2) is 8.42 Å². The third-order valence-corrected chi connectivity index (χ3v) is 6.48. The summed E-state index contributed by atoms with van der Waals surface area (Å²) in [6, 6.07) is 10.5. The first-order valence-electron chi connectivity index (χ1n) is 8.59. The van der Waals surface area contributed by atoms with Crippen LogP contribution in [-0.4, -0.2) is 27.9 Å². The second kappa shape index (κ2) is 9.44. The Morgan fingerprint density at radius 2 is 1.74 bits per heavy atom. The first-order valence-corrected chi connectivity index (χ1v) is 10.8. The summed E-state index contributed by atoms with van der Waals surface area (Å²) in [5.41, 5.74) is 0.580. The van der Waals surface area contributed by atoms with E-state index in [0.717, 1.165) is 23.6 Å². The molecule has 1 amide bonds. The molecule has 0 radical (unpaired) electrons. The number of halogens is 2. The van der Waals surface area contributed by atoms with Gasteiger partial charge in [0.05, 0.1) is 21.2 Å². The van der Waals surface area contributed by atoms with Gasteiger partial charge in [-0.2, -0.15) is 0 Å². The number of benzene rings is 2. The number of anilines is 1. The maximum Gasteiger partial charge on any atom is 0.264 e. The summed E-state index contributed by atoms with van der Waals surface area (Å²) in [6.45, 7) is 2.63. The van der Waals surface area contributed by atoms with E-state index in [0.29, 0.717) is 17.3 Å². The molecule has 0 fully saturated rings. The molecule has 0 spiro atoms. The third-order valence-electron chi connectivity index (χ3n) is 4.10. The molecule has 0 bridgehead atoms. The van der Waals surface area contributed by atoms with Crippen LogP contribution in [0.3, 0.4) is 0 Å². The van der Waals surface area contributed by atoms with Gasteiger partial charge in [0.2, 0.25) is 0 Å². The van der Waals surface area contributed by atoms with Crippen molar-refractivity contribution in [3.8, 4) is 0 Å². The molecule has 146 valence electrons. The van der Waals surface area contributed by atoms with Gasteiger partial charge < -0.3 is 5.32 Å². The fourth-order valence-corrected chi connectivity index (χ4v) is 3.98. The third kappa shape index (κ3) is 5.37. The summed E-state index contributed by atoms with van der Waals surface area (Å²) in [5.74, 6) is -0.324. The number of nitrogens with zero attached hydrogens (tertiary/aromatic N) is 1. The van der Waals surface area contributed by atoms with E-state index < -0.39 is 10.0 Å². The molecule has 2 rings (SSSR count). The Balaban J connectivity index is 2.25. The average molecular weight is 429 g/mol. The van der Waals surface area contributed by atoms with E-state index in [2.05, 4.69) is 12.2 Å². The molecule has 27 heavy (non-hydrogen) atoms. The minimum atomic E-state index is -3.79. The summed E-state index contributed by atoms with van der Waals surface area (Å²) in [7, 11) is -2.36. The number of rotatable bonds is 8. The highest BCUT2D eigenvalue weighted by Crippen LogP contribution is 2.27. The van der Waals surface area contributed by atoms with Gasteiger partial charge in [0.25, 0.3) is 15.9 Å². The van der Waals surface area contributed by atoms with Crippen molar-refractivity contribution in [3.05, 3.63) is 58.1 Å². The lowest BCUT2D eigenvalue weighted by molar-refractivity contribution is 0.0953. The molecule has 0 aliphatic heterocycles. The molecule has 0 aliphatic rings. The van der Waals surface area contributed by atoms with Gasteiger partial charge in [-0.3, -0.25) is 9.10 Å². The van der Waals surface area contributed by atoms with Crippen LogP contribution in [0, 0.1) is 0 Å². The van der Waals surface area contributed by atoms with E-state index >= 15 is 0 Å². The van der Waals surface area contributed by atoms with Crippen LogP contribution in [0.4, 0.5) is 5.69 Å². The summed E-state index contributed by atoms with van der Waals surface area (Å²) in [4.78, 5) is 12.5. The van der Waals surface area contributed by atoms with Crippen molar-refractivity contribution in [2.45, 2.75) is 31.1 Å². The number of carbonyl (C=O) groups is 1. The Labute approximate surface area is 170 Å². The van der Waals surface area contributed by atoms with Crippen LogP contribution in [-0.2, 0) is 10.0 Å². The molecule has 1 N–H and O–H groups in total. The highest BCUT2D eigenvalue weighted by Gasteiger charge is 2.22. The van der Waals surface area contributed by atoms with Crippen LogP contribution in [0.5, 0.6) is 0 Å². The number of sulfonamides is 1. The van der Waals surface area contributed by atoms with Crippen molar-refractivity contribution in [2.24, 2.45) is 0 Å². The smallest absolute Gasteiger partial charge is 0.264 e. The normalized spacial score (nSPS) is 11.3. The molecule has 0 aromatic heterocycles. The fourth-order valence-electron chi connectivity index (χ4n) is 2.46. The molecule has 0 saturated carbocycles. The number of nitrogens with one attached hydrogen (secondary N) is 1. The molecular formula is C19H22Cl2N2O3S. The van der Waals surface area contributed by atoms with Crippen LogP contribution in [0.1, 0.15) is 36.5 Å². The Morgan fingerprint density at radius 3 is 2.37 bits per heavy atom. The maximum atomic E-state index is 12.8. The lowest BCUT2D eigenvalue weighted by atomic mass is 10.1. The molecule has 0 heterocycles. The van der Waals surface area contributed by atoms with E-state index in [1.165, 1.54) is 43.4 Å². The maximum absolute atomic E-state index is 12.8. The van der Waals surface area contributed by atoms with Crippen LogP contribution in [0.15, 0.2) is 47.4 Å². The van der Waals surface area contributed by atoms with Crippen molar-refractivity contribution >= 4 is 44.8 Å². The number of amides is 1. The van der Waals surface area contributed by atoms with Gasteiger partial charge in [-0.1, -0.05) is 43.0 Å².